The Balaban J connectivity index is 3.14. The number of carbonyl (C=O) groups is 1. The van der Waals surface area contributed by atoms with Gasteiger partial charge in [0.2, 0.25) is 0 Å². The van der Waals surface area contributed by atoms with E-state index in [4.69, 9.17) is 0 Å². The van der Waals surface area contributed by atoms with Gasteiger partial charge in [-0.05, 0) is 50.7 Å². The van der Waals surface area contributed by atoms with Gasteiger partial charge in [-0.1, -0.05) is 45.9 Å². The number of para-hydroxylation sites is 1. The fourth-order valence-electron chi connectivity index (χ4n) is 3.34. The molecule has 0 aromatic heterocycles. The maximum atomic E-state index is 12.9. The summed E-state index contributed by atoms with van der Waals surface area (Å²) in [4.78, 5) is 15.2. The van der Waals surface area contributed by atoms with E-state index in [9.17, 15) is 4.79 Å². The molecule has 0 unspecified atom stereocenters. The third kappa shape index (κ3) is 7.24. The first-order chi connectivity index (χ1) is 13.0. The van der Waals surface area contributed by atoms with Crippen molar-refractivity contribution in [2.24, 2.45) is 0 Å². The molecule has 0 saturated heterocycles. The van der Waals surface area contributed by atoms with Gasteiger partial charge in [-0.3, -0.25) is 14.8 Å². The Morgan fingerprint density at radius 1 is 0.926 bits per heavy atom. The molecule has 0 spiro atoms. The summed E-state index contributed by atoms with van der Waals surface area (Å²) in [7, 11) is 0. The second-order valence-electron chi connectivity index (χ2n) is 7.14. The van der Waals surface area contributed by atoms with Crippen molar-refractivity contribution in [1.29, 1.82) is 0 Å². The van der Waals surface area contributed by atoms with E-state index in [0.29, 0.717) is 0 Å². The largest absolute Gasteiger partial charge is 0.384 e. The van der Waals surface area contributed by atoms with Gasteiger partial charge in [0, 0.05) is 5.69 Å². The van der Waals surface area contributed by atoms with Gasteiger partial charge in [0.15, 0.2) is 0 Å². The Morgan fingerprint density at radius 2 is 1.44 bits per heavy atom. The van der Waals surface area contributed by atoms with Gasteiger partial charge in [-0.25, -0.2) is 4.79 Å². The fraction of sp³-hybridized carbons (Fsp3) is 0.636. The monoisotopic (exact) mass is 375 g/mol. The smallest absolute Gasteiger partial charge is 0.294 e. The molecule has 2 amide bonds. The number of guanidine groups is 1. The van der Waals surface area contributed by atoms with Crippen LogP contribution in [0.1, 0.15) is 64.5 Å². The summed E-state index contributed by atoms with van der Waals surface area (Å²) in [5.74, 6) is 0.936. The number of aryl methyl sites for hydroxylation is 2. The van der Waals surface area contributed by atoms with E-state index in [1.165, 1.54) is 0 Å². The molecule has 0 aliphatic heterocycles. The fourth-order valence-corrected chi connectivity index (χ4v) is 3.34. The third-order valence-electron chi connectivity index (χ3n) is 4.52. The molecule has 1 aromatic rings. The molecule has 0 radical (unpaired) electrons. The summed E-state index contributed by atoms with van der Waals surface area (Å²) in [6.07, 6.45) is 4.21. The molecule has 0 aliphatic rings. The molecular formula is C22H39N4O+. The summed E-state index contributed by atoms with van der Waals surface area (Å²) in [5, 5.41) is 6.24. The van der Waals surface area contributed by atoms with E-state index >= 15 is 0 Å². The van der Waals surface area contributed by atoms with Crippen molar-refractivity contribution in [3.05, 3.63) is 29.3 Å². The molecular weight excluding hydrogens is 336 g/mol. The quantitative estimate of drug-likeness (QED) is 0.372. The Morgan fingerprint density at radius 3 is 1.89 bits per heavy atom. The minimum Gasteiger partial charge on any atom is -0.294 e. The number of urea groups is 1. The first kappa shape index (κ1) is 23.0. The van der Waals surface area contributed by atoms with Crippen molar-refractivity contribution in [1.82, 2.24) is 10.2 Å². The van der Waals surface area contributed by atoms with Crippen LogP contribution < -0.4 is 10.6 Å². The zero-order valence-corrected chi connectivity index (χ0v) is 18.2. The molecule has 0 saturated carbocycles. The lowest BCUT2D eigenvalue weighted by atomic mass is 10.1. The van der Waals surface area contributed by atoms with E-state index in [0.717, 1.165) is 74.6 Å². The molecule has 0 heterocycles. The maximum absolute atomic E-state index is 12.9. The van der Waals surface area contributed by atoms with E-state index < -0.39 is 0 Å². The summed E-state index contributed by atoms with van der Waals surface area (Å²) < 4.78 is 2.32. The summed E-state index contributed by atoms with van der Waals surface area (Å²) in [6.45, 7) is 16.5. The molecule has 0 aliphatic carbocycles. The van der Waals surface area contributed by atoms with Crippen molar-refractivity contribution in [3.8, 4) is 0 Å². The molecule has 0 bridgehead atoms. The summed E-state index contributed by atoms with van der Waals surface area (Å²) in [6, 6.07) is 5.89. The second-order valence-corrected chi connectivity index (χ2v) is 7.14. The molecule has 1 rings (SSSR count). The summed E-state index contributed by atoms with van der Waals surface area (Å²) in [5.41, 5.74) is 3.04. The van der Waals surface area contributed by atoms with Crippen LogP contribution in [-0.4, -0.2) is 47.6 Å². The van der Waals surface area contributed by atoms with Crippen LogP contribution in [0.15, 0.2) is 18.2 Å². The van der Waals surface area contributed by atoms with Crippen LogP contribution in [0, 0.1) is 13.8 Å². The number of carbonyl (C=O) groups excluding carboxylic acids is 1. The SMILES string of the molecule is CCCN(CCC)C(NC(=O)Nc1c(C)cccc1C)=[N+](CCC)CCC. The zero-order chi connectivity index (χ0) is 20.2. The van der Waals surface area contributed by atoms with Gasteiger partial charge in [0.1, 0.15) is 0 Å². The number of rotatable bonds is 9. The Bertz CT molecular complexity index is 590. The molecule has 152 valence electrons. The number of anilines is 1. The normalized spacial score (nSPS) is 10.4. The highest BCUT2D eigenvalue weighted by molar-refractivity contribution is 6.01. The number of amides is 2. The van der Waals surface area contributed by atoms with Gasteiger partial charge < -0.3 is 0 Å². The van der Waals surface area contributed by atoms with Crippen molar-refractivity contribution >= 4 is 17.7 Å². The number of hydrogen-bond acceptors (Lipinski definition) is 1. The first-order valence-corrected chi connectivity index (χ1v) is 10.5. The highest BCUT2D eigenvalue weighted by Crippen LogP contribution is 2.19. The maximum Gasteiger partial charge on any atom is 0.384 e. The van der Waals surface area contributed by atoms with Crippen LogP contribution in [0.3, 0.4) is 0 Å². The number of nitrogens with zero attached hydrogens (tertiary/aromatic N) is 2. The van der Waals surface area contributed by atoms with E-state index in [1.54, 1.807) is 0 Å². The lowest BCUT2D eigenvalue weighted by Crippen LogP contribution is -2.51. The molecule has 27 heavy (non-hydrogen) atoms. The van der Waals surface area contributed by atoms with Crippen LogP contribution in [0.2, 0.25) is 0 Å². The molecule has 2 N–H and O–H groups in total. The topological polar surface area (TPSA) is 47.4 Å². The van der Waals surface area contributed by atoms with Gasteiger partial charge in [-0.2, -0.15) is 5.32 Å². The van der Waals surface area contributed by atoms with Crippen LogP contribution in [0.25, 0.3) is 0 Å². The highest BCUT2D eigenvalue weighted by Gasteiger charge is 2.24. The minimum absolute atomic E-state index is 0.170. The Labute approximate surface area is 165 Å². The standard InChI is InChI=1S/C22H38N4O/c1-7-14-25(15-8-2)22(26(16-9-3)17-10-4)24-21(27)23-20-18(5)12-11-13-19(20)6/h11-13H,7-10,14-17H2,1-6H3,(H,23,27)/p+1. The average molecular weight is 376 g/mol. The van der Waals surface area contributed by atoms with Gasteiger partial charge >= 0.3 is 12.0 Å². The molecule has 0 fully saturated rings. The van der Waals surface area contributed by atoms with E-state index in [1.807, 2.05) is 32.0 Å². The van der Waals surface area contributed by atoms with Crippen LogP contribution in [0.4, 0.5) is 10.5 Å². The average Bonchev–Trinajstić information content (AvgIpc) is 2.63. The molecule has 1 aromatic carbocycles. The first-order valence-electron chi connectivity index (χ1n) is 10.5. The van der Waals surface area contributed by atoms with E-state index in [2.05, 4.69) is 47.8 Å². The molecule has 0 atom stereocenters. The van der Waals surface area contributed by atoms with Crippen LogP contribution >= 0.6 is 0 Å². The minimum atomic E-state index is -0.170. The van der Waals surface area contributed by atoms with Crippen molar-refractivity contribution in [2.75, 3.05) is 31.5 Å². The zero-order valence-electron chi connectivity index (χ0n) is 18.2. The van der Waals surface area contributed by atoms with Gasteiger partial charge in [-0.15, -0.1) is 0 Å². The van der Waals surface area contributed by atoms with Gasteiger partial charge in [0.05, 0.1) is 26.2 Å². The Hall–Kier alpha value is -2.04. The summed E-state index contributed by atoms with van der Waals surface area (Å²) >= 11 is 0. The highest BCUT2D eigenvalue weighted by atomic mass is 16.2. The molecule has 5 nitrogen and oxygen atoms in total. The Kier molecular flexibility index (Phi) is 10.5. The number of hydrogen-bond donors (Lipinski definition) is 2. The van der Waals surface area contributed by atoms with E-state index in [-0.39, 0.29) is 6.03 Å². The second kappa shape index (κ2) is 12.4. The predicted octanol–water partition coefficient (Wildman–Crippen LogP) is 4.74. The lowest BCUT2D eigenvalue weighted by Gasteiger charge is -2.23. The van der Waals surface area contributed by atoms with Crippen molar-refractivity contribution in [2.45, 2.75) is 67.2 Å². The number of benzene rings is 1. The third-order valence-corrected chi connectivity index (χ3v) is 4.52. The van der Waals surface area contributed by atoms with Crippen molar-refractivity contribution < 1.29 is 9.37 Å². The van der Waals surface area contributed by atoms with Crippen LogP contribution in [0.5, 0.6) is 0 Å². The van der Waals surface area contributed by atoms with Crippen LogP contribution in [-0.2, 0) is 0 Å². The van der Waals surface area contributed by atoms with Crippen molar-refractivity contribution in [3.63, 3.8) is 0 Å². The predicted molar refractivity (Wildman–Crippen MR) is 116 cm³/mol. The molecule has 5 heteroatoms. The van der Waals surface area contributed by atoms with Gasteiger partial charge in [0.25, 0.3) is 0 Å². The lowest BCUT2D eigenvalue weighted by molar-refractivity contribution is -0.534. The number of nitrogens with one attached hydrogen (secondary N) is 2.